The molecule has 0 bridgehead atoms. The first kappa shape index (κ1) is 47.7. The normalized spacial score (nSPS) is 19.6. The van der Waals surface area contributed by atoms with E-state index in [0.717, 1.165) is 80.0 Å². The molecule has 0 spiro atoms. The second-order valence-corrected chi connectivity index (χ2v) is 20.1. The van der Waals surface area contributed by atoms with Crippen LogP contribution in [0.3, 0.4) is 0 Å². The number of ether oxygens (including phenoxy) is 3. The number of nitrogens with zero attached hydrogens (tertiary/aromatic N) is 4. The van der Waals surface area contributed by atoms with Crippen LogP contribution in [0.4, 0.5) is 9.59 Å². The van der Waals surface area contributed by atoms with Crippen molar-refractivity contribution in [2.45, 2.75) is 95.8 Å². The van der Waals surface area contributed by atoms with Crippen LogP contribution in [0.2, 0.25) is 0 Å². The highest BCUT2D eigenvalue weighted by Crippen LogP contribution is 2.40. The number of benzene rings is 5. The number of imidazole rings is 2. The Morgan fingerprint density at radius 2 is 1.24 bits per heavy atom. The summed E-state index contributed by atoms with van der Waals surface area (Å²) < 4.78 is 16.2. The Morgan fingerprint density at radius 1 is 0.648 bits per heavy atom. The SMILES string of the molecule is COC(=O)N[C@H](C(=O)N1C[C@@H](COCC2CCCCCC2)C[C@H]1c1nc2c(ccc3cc(-c4ccc5c(ccc6[nH]c([C@@H]7CCCN7C(=O)[C@H](NC(=O)OC)c7ccccc7)nc65)c4)ccc32)[nH]1)C(C)C. The van der Waals surface area contributed by atoms with Crippen molar-refractivity contribution >= 4 is 67.6 Å². The predicted molar refractivity (Wildman–Crippen MR) is 273 cm³/mol. The zero-order chi connectivity index (χ0) is 49.2. The van der Waals surface area contributed by atoms with Gasteiger partial charge in [-0.3, -0.25) is 9.59 Å². The molecule has 10 rings (SSSR count). The molecule has 2 aliphatic heterocycles. The standard InChI is InChI=1S/C56H64N8O7/c1-33(2)47(61-55(67)69-3)53(65)64-30-35(32-71-31-34-13-8-5-6-9-14-34)27-46(64)52-58-44-25-21-40-29-38(19-23-42(40)50(44)60-52)37-18-22-41-39(28-37)20-24-43-49(41)59-51(57-43)45-17-12-26-63(45)54(66)48(62-56(68)70-4)36-15-10-7-11-16-36/h7,10-11,15-16,18-25,28-29,33-35,45-48H,5-6,8-9,12-14,17,26-27,30-32H2,1-4H3,(H,57,59)(H,58,60)(H,61,67)(H,62,68)/t35-,45-,46-,47-,48+/m0/s1. The van der Waals surface area contributed by atoms with Gasteiger partial charge < -0.3 is 44.6 Å². The zero-order valence-electron chi connectivity index (χ0n) is 41.0. The van der Waals surface area contributed by atoms with Crippen LogP contribution in [-0.4, -0.2) is 100 Å². The van der Waals surface area contributed by atoms with Crippen LogP contribution in [0.5, 0.6) is 0 Å². The summed E-state index contributed by atoms with van der Waals surface area (Å²) in [5.74, 6) is 1.61. The average Bonchev–Trinajstić information content (AvgIpc) is 4.21. The number of alkyl carbamates (subject to hydrolysis) is 2. The molecule has 15 heteroatoms. The Morgan fingerprint density at radius 3 is 1.85 bits per heavy atom. The Hall–Kier alpha value is -7.00. The summed E-state index contributed by atoms with van der Waals surface area (Å²) >= 11 is 0. The molecule has 2 aromatic heterocycles. The number of aromatic nitrogens is 4. The average molecular weight is 961 g/mol. The summed E-state index contributed by atoms with van der Waals surface area (Å²) in [7, 11) is 2.60. The number of nitrogens with one attached hydrogen (secondary N) is 4. The number of carbonyl (C=O) groups is 4. The first-order valence-electron chi connectivity index (χ1n) is 25.3. The summed E-state index contributed by atoms with van der Waals surface area (Å²) in [6.45, 7) is 6.23. The molecule has 4 amide bonds. The molecular formula is C56H64N8O7. The monoisotopic (exact) mass is 960 g/mol. The largest absolute Gasteiger partial charge is 0.453 e. The van der Waals surface area contributed by atoms with Crippen LogP contribution in [0.25, 0.3) is 54.7 Å². The maximum Gasteiger partial charge on any atom is 0.407 e. The van der Waals surface area contributed by atoms with Gasteiger partial charge in [0.05, 0.1) is 55.0 Å². The van der Waals surface area contributed by atoms with Gasteiger partial charge >= 0.3 is 12.2 Å². The highest BCUT2D eigenvalue weighted by Gasteiger charge is 2.42. The van der Waals surface area contributed by atoms with Crippen molar-refractivity contribution in [2.24, 2.45) is 17.8 Å². The molecule has 3 fully saturated rings. The number of methoxy groups -OCH3 is 2. The third kappa shape index (κ3) is 9.88. The van der Waals surface area contributed by atoms with E-state index in [-0.39, 0.29) is 35.7 Å². The Bertz CT molecular complexity index is 3070. The molecule has 5 atom stereocenters. The number of rotatable bonds is 13. The zero-order valence-corrected chi connectivity index (χ0v) is 41.0. The van der Waals surface area contributed by atoms with Crippen molar-refractivity contribution < 1.29 is 33.4 Å². The number of fused-ring (bicyclic) bond motifs is 6. The maximum atomic E-state index is 14.4. The van der Waals surface area contributed by atoms with Crippen LogP contribution in [0.1, 0.15) is 107 Å². The van der Waals surface area contributed by atoms with Crippen LogP contribution in [-0.2, 0) is 23.8 Å². The predicted octanol–water partition coefficient (Wildman–Crippen LogP) is 10.4. The van der Waals surface area contributed by atoms with Gasteiger partial charge in [-0.15, -0.1) is 0 Å². The van der Waals surface area contributed by atoms with Gasteiger partial charge in [0, 0.05) is 36.4 Å². The third-order valence-electron chi connectivity index (χ3n) is 15.0. The molecule has 7 aromatic rings. The minimum Gasteiger partial charge on any atom is -0.453 e. The molecule has 3 aliphatic rings. The number of carbonyl (C=O) groups excluding carboxylic acids is 4. The van der Waals surface area contributed by atoms with Gasteiger partial charge in [0.1, 0.15) is 23.7 Å². The van der Waals surface area contributed by atoms with Gasteiger partial charge in [-0.2, -0.15) is 0 Å². The smallest absolute Gasteiger partial charge is 0.407 e. The van der Waals surface area contributed by atoms with Gasteiger partial charge in [0.25, 0.3) is 5.91 Å². The van der Waals surface area contributed by atoms with E-state index in [1.54, 1.807) is 0 Å². The molecule has 1 saturated carbocycles. The topological polar surface area (TPSA) is 184 Å². The van der Waals surface area contributed by atoms with E-state index in [0.29, 0.717) is 43.4 Å². The second kappa shape index (κ2) is 20.8. The number of hydrogen-bond acceptors (Lipinski definition) is 9. The fourth-order valence-corrected chi connectivity index (χ4v) is 11.3. The minimum atomic E-state index is -0.897. The minimum absolute atomic E-state index is 0.117. The van der Waals surface area contributed by atoms with E-state index in [2.05, 4.69) is 75.2 Å². The number of likely N-dealkylation sites (tertiary alicyclic amines) is 2. The molecule has 1 aliphatic carbocycles. The Labute approximate surface area is 413 Å². The lowest BCUT2D eigenvalue weighted by molar-refractivity contribution is -0.136. The van der Waals surface area contributed by atoms with E-state index in [9.17, 15) is 19.2 Å². The van der Waals surface area contributed by atoms with Gasteiger partial charge in [0.2, 0.25) is 5.91 Å². The molecule has 4 heterocycles. The first-order valence-corrected chi connectivity index (χ1v) is 25.3. The first-order chi connectivity index (χ1) is 34.6. The molecular weight excluding hydrogens is 897 g/mol. The summed E-state index contributed by atoms with van der Waals surface area (Å²) in [6.07, 6.45) is 8.50. The van der Waals surface area contributed by atoms with Gasteiger partial charge in [-0.1, -0.05) is 106 Å². The Kier molecular flexibility index (Phi) is 13.9. The van der Waals surface area contributed by atoms with Crippen LogP contribution >= 0.6 is 0 Å². The Balaban J connectivity index is 0.896. The lowest BCUT2D eigenvalue weighted by Gasteiger charge is -2.30. The van der Waals surface area contributed by atoms with Crippen molar-refractivity contribution in [3.05, 3.63) is 108 Å². The van der Waals surface area contributed by atoms with Crippen LogP contribution in [0, 0.1) is 17.8 Å². The fraction of sp³-hybridized carbons (Fsp3) is 0.429. The number of aromatic amines is 2. The molecule has 370 valence electrons. The van der Waals surface area contributed by atoms with E-state index in [1.165, 1.54) is 52.7 Å². The second-order valence-electron chi connectivity index (χ2n) is 20.1. The lowest BCUT2D eigenvalue weighted by atomic mass is 9.98. The number of H-pyrrole nitrogens is 2. The molecule has 71 heavy (non-hydrogen) atoms. The van der Waals surface area contributed by atoms with E-state index in [4.69, 9.17) is 24.2 Å². The quantitative estimate of drug-likeness (QED) is 0.0817. The molecule has 5 aromatic carbocycles. The van der Waals surface area contributed by atoms with Crippen molar-refractivity contribution in [3.63, 3.8) is 0 Å². The molecule has 15 nitrogen and oxygen atoms in total. The molecule has 0 unspecified atom stereocenters. The van der Waals surface area contributed by atoms with Crippen molar-refractivity contribution in [2.75, 3.05) is 40.5 Å². The molecule has 0 radical (unpaired) electrons. The molecule has 2 saturated heterocycles. The summed E-state index contributed by atoms with van der Waals surface area (Å²) in [6, 6.07) is 28.1. The summed E-state index contributed by atoms with van der Waals surface area (Å²) in [4.78, 5) is 74.5. The lowest BCUT2D eigenvalue weighted by Crippen LogP contribution is -2.51. The van der Waals surface area contributed by atoms with Crippen molar-refractivity contribution in [3.8, 4) is 11.1 Å². The van der Waals surface area contributed by atoms with E-state index < -0.39 is 24.3 Å². The van der Waals surface area contributed by atoms with E-state index >= 15 is 0 Å². The number of hydrogen-bond donors (Lipinski definition) is 4. The summed E-state index contributed by atoms with van der Waals surface area (Å²) in [5, 5.41) is 9.62. The van der Waals surface area contributed by atoms with Gasteiger partial charge in [0.15, 0.2) is 0 Å². The van der Waals surface area contributed by atoms with E-state index in [1.807, 2.05) is 60.0 Å². The van der Waals surface area contributed by atoms with Crippen LogP contribution in [0.15, 0.2) is 91.0 Å². The molecule has 4 N–H and O–H groups in total. The summed E-state index contributed by atoms with van der Waals surface area (Å²) in [5.41, 5.74) is 6.24. The van der Waals surface area contributed by atoms with Crippen LogP contribution < -0.4 is 10.6 Å². The van der Waals surface area contributed by atoms with Crippen molar-refractivity contribution in [1.82, 2.24) is 40.4 Å². The number of amides is 4. The highest BCUT2D eigenvalue weighted by atomic mass is 16.5. The van der Waals surface area contributed by atoms with Gasteiger partial charge in [-0.05, 0) is 95.7 Å². The van der Waals surface area contributed by atoms with Gasteiger partial charge in [-0.25, -0.2) is 19.6 Å². The fourth-order valence-electron chi connectivity index (χ4n) is 11.3. The highest BCUT2D eigenvalue weighted by molar-refractivity contribution is 6.07. The maximum absolute atomic E-state index is 14.4. The van der Waals surface area contributed by atoms with Crippen molar-refractivity contribution in [1.29, 1.82) is 0 Å². The third-order valence-corrected chi connectivity index (χ3v) is 15.0.